The molecule has 3 rings (SSSR count). The van der Waals surface area contributed by atoms with Crippen molar-refractivity contribution in [3.8, 4) is 0 Å². The van der Waals surface area contributed by atoms with E-state index >= 15 is 0 Å². The molecule has 0 radical (unpaired) electrons. The quantitative estimate of drug-likeness (QED) is 0.668. The molecule has 2 fully saturated rings. The minimum atomic E-state index is -0.334. The summed E-state index contributed by atoms with van der Waals surface area (Å²) in [6, 6.07) is 8.86. The molecule has 2 heterocycles. The zero-order valence-corrected chi connectivity index (χ0v) is 12.5. The lowest BCUT2D eigenvalue weighted by atomic mass is 9.96. The molecule has 2 aliphatic rings. The lowest BCUT2D eigenvalue weighted by Crippen LogP contribution is -2.49. The first-order chi connectivity index (χ1) is 10.2. The first-order valence-electron chi connectivity index (χ1n) is 7.95. The number of hydrogen-bond donors (Lipinski definition) is 1. The topological polar surface area (TPSA) is 58.4 Å². The molecule has 0 amide bonds. The number of nitro groups is 1. The van der Waals surface area contributed by atoms with E-state index in [4.69, 9.17) is 0 Å². The summed E-state index contributed by atoms with van der Waals surface area (Å²) in [4.78, 5) is 12.9. The lowest BCUT2D eigenvalue weighted by Gasteiger charge is -2.41. The summed E-state index contributed by atoms with van der Waals surface area (Å²) in [5, 5.41) is 14.4. The van der Waals surface area contributed by atoms with Crippen molar-refractivity contribution < 1.29 is 4.92 Å². The van der Waals surface area contributed by atoms with Crippen LogP contribution in [0.5, 0.6) is 0 Å². The van der Waals surface area contributed by atoms with Crippen LogP contribution in [0.4, 0.5) is 11.4 Å². The fourth-order valence-electron chi connectivity index (χ4n) is 3.86. The van der Waals surface area contributed by atoms with Crippen LogP contribution in [-0.2, 0) is 0 Å². The van der Waals surface area contributed by atoms with Gasteiger partial charge in [-0.25, -0.2) is 0 Å². The van der Waals surface area contributed by atoms with Gasteiger partial charge in [0.2, 0.25) is 0 Å². The van der Waals surface area contributed by atoms with E-state index in [0.717, 1.165) is 12.2 Å². The molecule has 21 heavy (non-hydrogen) atoms. The van der Waals surface area contributed by atoms with Crippen molar-refractivity contribution in [3.05, 3.63) is 34.4 Å². The van der Waals surface area contributed by atoms with E-state index < -0.39 is 0 Å². The van der Waals surface area contributed by atoms with Crippen LogP contribution >= 0.6 is 0 Å². The summed E-state index contributed by atoms with van der Waals surface area (Å²) in [7, 11) is 0. The standard InChI is InChI=1S/C16H23N3O2/c1-2-9-17-12-10-15-7-8-16(11-12)18(15)13-3-5-14(6-4-13)19(20)21/h3-6,12,15-17H,2,7-11H2,1H3. The maximum absolute atomic E-state index is 10.8. The highest BCUT2D eigenvalue weighted by Gasteiger charge is 2.40. The lowest BCUT2D eigenvalue weighted by molar-refractivity contribution is -0.384. The van der Waals surface area contributed by atoms with Gasteiger partial charge in [0.15, 0.2) is 0 Å². The molecule has 1 N–H and O–H groups in total. The third-order valence-electron chi connectivity index (χ3n) is 4.77. The van der Waals surface area contributed by atoms with Gasteiger partial charge in [0.05, 0.1) is 4.92 Å². The molecule has 2 saturated heterocycles. The molecule has 5 nitrogen and oxygen atoms in total. The summed E-state index contributed by atoms with van der Waals surface area (Å²) < 4.78 is 0. The van der Waals surface area contributed by atoms with E-state index in [-0.39, 0.29) is 10.6 Å². The largest absolute Gasteiger partial charge is 0.365 e. The van der Waals surface area contributed by atoms with Gasteiger partial charge in [0.1, 0.15) is 0 Å². The van der Waals surface area contributed by atoms with Crippen molar-refractivity contribution in [1.29, 1.82) is 0 Å². The summed E-state index contributed by atoms with van der Waals surface area (Å²) in [6.07, 6.45) is 6.04. The molecule has 1 aromatic carbocycles. The third-order valence-corrected chi connectivity index (χ3v) is 4.77. The van der Waals surface area contributed by atoms with E-state index in [1.807, 2.05) is 12.1 Å². The predicted octanol–water partition coefficient (Wildman–Crippen LogP) is 3.09. The first-order valence-corrected chi connectivity index (χ1v) is 7.95. The highest BCUT2D eigenvalue weighted by Crippen LogP contribution is 2.39. The summed E-state index contributed by atoms with van der Waals surface area (Å²) in [5.41, 5.74) is 1.31. The van der Waals surface area contributed by atoms with Crippen molar-refractivity contribution in [3.63, 3.8) is 0 Å². The molecular formula is C16H23N3O2. The van der Waals surface area contributed by atoms with Crippen LogP contribution in [0.15, 0.2) is 24.3 Å². The van der Waals surface area contributed by atoms with Crippen LogP contribution in [0.3, 0.4) is 0 Å². The van der Waals surface area contributed by atoms with Crippen LogP contribution in [0.1, 0.15) is 39.0 Å². The fraction of sp³-hybridized carbons (Fsp3) is 0.625. The third kappa shape index (κ3) is 2.88. The Balaban J connectivity index is 1.71. The Labute approximate surface area is 125 Å². The summed E-state index contributed by atoms with van der Waals surface area (Å²) in [6.45, 7) is 3.30. The van der Waals surface area contributed by atoms with Gasteiger partial charge in [-0.05, 0) is 50.8 Å². The van der Waals surface area contributed by atoms with Crippen LogP contribution in [0.2, 0.25) is 0 Å². The highest BCUT2D eigenvalue weighted by molar-refractivity contribution is 5.54. The number of nitro benzene ring substituents is 1. The van der Waals surface area contributed by atoms with Crippen molar-refractivity contribution in [2.24, 2.45) is 0 Å². The fourth-order valence-corrected chi connectivity index (χ4v) is 3.86. The Kier molecular flexibility index (Phi) is 4.10. The zero-order chi connectivity index (χ0) is 14.8. The SMILES string of the molecule is CCCNC1CC2CCC(C1)N2c1ccc([N+](=O)[O-])cc1. The van der Waals surface area contributed by atoms with Gasteiger partial charge in [0.25, 0.3) is 5.69 Å². The van der Waals surface area contributed by atoms with Crippen molar-refractivity contribution in [2.75, 3.05) is 11.4 Å². The second-order valence-electron chi connectivity index (χ2n) is 6.19. The van der Waals surface area contributed by atoms with Gasteiger partial charge in [-0.3, -0.25) is 10.1 Å². The number of anilines is 1. The Bertz CT molecular complexity index is 489. The van der Waals surface area contributed by atoms with E-state index in [1.54, 1.807) is 12.1 Å². The number of rotatable bonds is 5. The number of nitrogens with one attached hydrogen (secondary N) is 1. The Hall–Kier alpha value is -1.62. The van der Waals surface area contributed by atoms with Crippen molar-refractivity contribution >= 4 is 11.4 Å². The van der Waals surface area contributed by atoms with E-state index in [2.05, 4.69) is 17.1 Å². The normalized spacial score (nSPS) is 27.9. The molecule has 0 aliphatic carbocycles. The maximum atomic E-state index is 10.8. The molecule has 2 atom stereocenters. The minimum Gasteiger partial charge on any atom is -0.365 e. The number of fused-ring (bicyclic) bond motifs is 2. The second-order valence-corrected chi connectivity index (χ2v) is 6.19. The van der Waals surface area contributed by atoms with E-state index in [9.17, 15) is 10.1 Å². The smallest absolute Gasteiger partial charge is 0.269 e. The van der Waals surface area contributed by atoms with Gasteiger partial charge in [-0.1, -0.05) is 6.92 Å². The molecule has 0 spiro atoms. The molecule has 5 heteroatoms. The highest BCUT2D eigenvalue weighted by atomic mass is 16.6. The molecule has 2 bridgehead atoms. The average molecular weight is 289 g/mol. The summed E-state index contributed by atoms with van der Waals surface area (Å²) >= 11 is 0. The van der Waals surface area contributed by atoms with Crippen LogP contribution in [0, 0.1) is 10.1 Å². The van der Waals surface area contributed by atoms with Gasteiger partial charge in [-0.2, -0.15) is 0 Å². The van der Waals surface area contributed by atoms with Crippen molar-refractivity contribution in [2.45, 2.75) is 57.2 Å². The van der Waals surface area contributed by atoms with Gasteiger partial charge >= 0.3 is 0 Å². The van der Waals surface area contributed by atoms with E-state index in [0.29, 0.717) is 18.1 Å². The van der Waals surface area contributed by atoms with Crippen LogP contribution < -0.4 is 10.2 Å². The summed E-state index contributed by atoms with van der Waals surface area (Å²) in [5.74, 6) is 0. The Morgan fingerprint density at radius 3 is 2.38 bits per heavy atom. The van der Waals surface area contributed by atoms with Crippen molar-refractivity contribution in [1.82, 2.24) is 5.32 Å². The van der Waals surface area contributed by atoms with Crippen LogP contribution in [0.25, 0.3) is 0 Å². The van der Waals surface area contributed by atoms with E-state index in [1.165, 1.54) is 32.1 Å². The van der Waals surface area contributed by atoms with Crippen LogP contribution in [-0.4, -0.2) is 29.6 Å². The molecule has 0 saturated carbocycles. The number of piperidine rings is 1. The molecule has 1 aromatic rings. The maximum Gasteiger partial charge on any atom is 0.269 e. The average Bonchev–Trinajstić information content (AvgIpc) is 2.76. The predicted molar refractivity (Wildman–Crippen MR) is 83.7 cm³/mol. The number of benzene rings is 1. The molecule has 114 valence electrons. The van der Waals surface area contributed by atoms with Gasteiger partial charge < -0.3 is 10.2 Å². The first kappa shape index (κ1) is 14.3. The number of non-ortho nitro benzene ring substituents is 1. The zero-order valence-electron chi connectivity index (χ0n) is 12.5. The number of nitrogens with zero attached hydrogens (tertiary/aromatic N) is 2. The monoisotopic (exact) mass is 289 g/mol. The molecule has 0 aromatic heterocycles. The Morgan fingerprint density at radius 2 is 1.86 bits per heavy atom. The minimum absolute atomic E-state index is 0.172. The Morgan fingerprint density at radius 1 is 1.24 bits per heavy atom. The van der Waals surface area contributed by atoms with Gasteiger partial charge in [-0.15, -0.1) is 0 Å². The molecular weight excluding hydrogens is 266 g/mol. The van der Waals surface area contributed by atoms with Gasteiger partial charge in [0, 0.05) is 35.9 Å². The number of hydrogen-bond acceptors (Lipinski definition) is 4. The molecule has 2 aliphatic heterocycles. The second kappa shape index (κ2) is 6.02. The molecule has 2 unspecified atom stereocenters.